The normalized spacial score (nSPS) is 10.2. The summed E-state index contributed by atoms with van der Waals surface area (Å²) in [5.41, 5.74) is 3.15. The van der Waals surface area contributed by atoms with Gasteiger partial charge >= 0.3 is 0 Å². The fourth-order valence-corrected chi connectivity index (χ4v) is 2.83. The van der Waals surface area contributed by atoms with Gasteiger partial charge in [0.15, 0.2) is 0 Å². The van der Waals surface area contributed by atoms with Crippen LogP contribution >= 0.6 is 0 Å². The monoisotopic (exact) mass is 389 g/mol. The molecule has 1 aromatic heterocycles. The minimum Gasteiger partial charge on any atom is -0.359 e. The van der Waals surface area contributed by atoms with Crippen molar-refractivity contribution in [2.24, 2.45) is 0 Å². The summed E-state index contributed by atoms with van der Waals surface area (Å²) in [7, 11) is 0. The highest BCUT2D eigenvalue weighted by Gasteiger charge is 2.08. The highest BCUT2D eigenvalue weighted by atomic mass is 16.1. The first-order valence-electron chi connectivity index (χ1n) is 9.39. The second-order valence-corrected chi connectivity index (χ2v) is 6.44. The van der Waals surface area contributed by atoms with Gasteiger partial charge in [0.05, 0.1) is 5.69 Å². The highest BCUT2D eigenvalue weighted by Crippen LogP contribution is 2.22. The molecule has 0 saturated carbocycles. The minimum atomic E-state index is -0.163. The van der Waals surface area contributed by atoms with Gasteiger partial charge in [-0.3, -0.25) is 9.59 Å². The first-order chi connectivity index (χ1) is 14.2. The number of benzene rings is 2. The van der Waals surface area contributed by atoms with Gasteiger partial charge in [-0.2, -0.15) is 0 Å². The van der Waals surface area contributed by atoms with Gasteiger partial charge in [-0.05, 0) is 31.5 Å². The Morgan fingerprint density at radius 2 is 1.83 bits per heavy atom. The smallest absolute Gasteiger partial charge is 0.251 e. The van der Waals surface area contributed by atoms with Crippen molar-refractivity contribution in [1.82, 2.24) is 20.6 Å². The quantitative estimate of drug-likeness (QED) is 0.386. The Kier molecular flexibility index (Phi) is 6.89. The maximum Gasteiger partial charge on any atom is 0.251 e. The summed E-state index contributed by atoms with van der Waals surface area (Å²) < 4.78 is 0. The molecule has 0 aliphatic carbocycles. The van der Waals surface area contributed by atoms with E-state index in [4.69, 9.17) is 0 Å². The van der Waals surface area contributed by atoms with Crippen LogP contribution in [0.2, 0.25) is 0 Å². The summed E-state index contributed by atoms with van der Waals surface area (Å²) in [5.74, 6) is 1.16. The van der Waals surface area contributed by atoms with E-state index in [1.54, 1.807) is 12.1 Å². The minimum absolute atomic E-state index is 0.163. The molecule has 0 bridgehead atoms. The molecule has 0 aliphatic heterocycles. The third-order valence-corrected chi connectivity index (χ3v) is 4.17. The van der Waals surface area contributed by atoms with Gasteiger partial charge in [-0.1, -0.05) is 36.4 Å². The number of carbonyl (C=O) groups excluding carboxylic acids is 2. The van der Waals surface area contributed by atoms with Crippen molar-refractivity contribution in [3.8, 4) is 11.3 Å². The van der Waals surface area contributed by atoms with E-state index in [-0.39, 0.29) is 5.91 Å². The maximum absolute atomic E-state index is 12.3. The Labute approximate surface area is 169 Å². The molecular formula is C22H23N5O2. The van der Waals surface area contributed by atoms with E-state index in [1.807, 2.05) is 55.5 Å². The predicted molar refractivity (Wildman–Crippen MR) is 113 cm³/mol. The molecule has 2 amide bonds. The van der Waals surface area contributed by atoms with E-state index < -0.39 is 0 Å². The second kappa shape index (κ2) is 9.98. The van der Waals surface area contributed by atoms with Crippen LogP contribution in [0, 0.1) is 6.92 Å². The zero-order valence-corrected chi connectivity index (χ0v) is 16.2. The molecule has 29 heavy (non-hydrogen) atoms. The number of nitrogens with zero attached hydrogens (tertiary/aromatic N) is 2. The third kappa shape index (κ3) is 5.87. The van der Waals surface area contributed by atoms with Crippen molar-refractivity contribution in [2.45, 2.75) is 13.3 Å². The number of aromatic nitrogens is 2. The van der Waals surface area contributed by atoms with Crippen LogP contribution in [-0.4, -0.2) is 35.4 Å². The Hall–Kier alpha value is -3.74. The molecule has 3 rings (SSSR count). The molecule has 148 valence electrons. The van der Waals surface area contributed by atoms with Crippen molar-refractivity contribution in [2.75, 3.05) is 18.4 Å². The molecule has 2 aromatic carbocycles. The van der Waals surface area contributed by atoms with Crippen LogP contribution < -0.4 is 16.0 Å². The van der Waals surface area contributed by atoms with Gasteiger partial charge in [0.2, 0.25) is 6.41 Å². The van der Waals surface area contributed by atoms with Gasteiger partial charge in [0.25, 0.3) is 5.91 Å². The van der Waals surface area contributed by atoms with Crippen LogP contribution in [0.1, 0.15) is 22.6 Å². The standard InChI is InChI=1S/C22H23N5O2/c1-16-25-20(17-7-3-2-4-8-17)14-21(26-16)27-19-10-5-9-18(13-19)22(29)24-12-6-11-23-15-28/h2-5,7-10,13-15H,6,11-12H2,1H3,(H,23,28)(H,24,29)(H,25,26,27). The Bertz CT molecular complexity index is 976. The summed E-state index contributed by atoms with van der Waals surface area (Å²) in [6.45, 7) is 2.87. The predicted octanol–water partition coefficient (Wildman–Crippen LogP) is 3.06. The SMILES string of the molecule is Cc1nc(Nc2cccc(C(=O)NCCCNC=O)c2)cc(-c2ccccc2)n1. The summed E-state index contributed by atoms with van der Waals surface area (Å²) in [4.78, 5) is 31.5. The average Bonchev–Trinajstić information content (AvgIpc) is 2.74. The van der Waals surface area contributed by atoms with E-state index in [9.17, 15) is 9.59 Å². The summed E-state index contributed by atoms with van der Waals surface area (Å²) in [6, 6.07) is 19.0. The molecule has 0 aliphatic rings. The van der Waals surface area contributed by atoms with E-state index in [1.165, 1.54) is 0 Å². The Balaban J connectivity index is 1.69. The van der Waals surface area contributed by atoms with Crippen LogP contribution in [0.4, 0.5) is 11.5 Å². The Morgan fingerprint density at radius 1 is 1.00 bits per heavy atom. The van der Waals surface area contributed by atoms with Crippen LogP contribution in [0.3, 0.4) is 0 Å². The summed E-state index contributed by atoms with van der Waals surface area (Å²) in [6.07, 6.45) is 1.32. The third-order valence-electron chi connectivity index (χ3n) is 4.17. The zero-order chi connectivity index (χ0) is 20.5. The van der Waals surface area contributed by atoms with Crippen LogP contribution in [0.25, 0.3) is 11.3 Å². The lowest BCUT2D eigenvalue weighted by Crippen LogP contribution is -2.27. The summed E-state index contributed by atoms with van der Waals surface area (Å²) in [5, 5.41) is 8.66. The number of rotatable bonds is 9. The van der Waals surface area contributed by atoms with E-state index >= 15 is 0 Å². The van der Waals surface area contributed by atoms with Gasteiger partial charge in [0.1, 0.15) is 11.6 Å². The topological polar surface area (TPSA) is 96.0 Å². The molecule has 0 fully saturated rings. The fourth-order valence-electron chi connectivity index (χ4n) is 2.83. The molecule has 7 nitrogen and oxygen atoms in total. The van der Waals surface area contributed by atoms with Crippen molar-refractivity contribution >= 4 is 23.8 Å². The molecular weight excluding hydrogens is 366 g/mol. The number of hydrogen-bond donors (Lipinski definition) is 3. The Morgan fingerprint density at radius 3 is 2.62 bits per heavy atom. The fraction of sp³-hybridized carbons (Fsp3) is 0.182. The lowest BCUT2D eigenvalue weighted by Gasteiger charge is -2.10. The van der Waals surface area contributed by atoms with E-state index in [0.29, 0.717) is 43.1 Å². The zero-order valence-electron chi connectivity index (χ0n) is 16.2. The average molecular weight is 389 g/mol. The lowest BCUT2D eigenvalue weighted by atomic mass is 10.1. The van der Waals surface area contributed by atoms with Crippen LogP contribution in [-0.2, 0) is 4.79 Å². The molecule has 3 N–H and O–H groups in total. The van der Waals surface area contributed by atoms with Gasteiger partial charge in [-0.25, -0.2) is 9.97 Å². The molecule has 1 heterocycles. The number of carbonyl (C=O) groups is 2. The van der Waals surface area contributed by atoms with Gasteiger partial charge < -0.3 is 16.0 Å². The van der Waals surface area contributed by atoms with Crippen LogP contribution in [0.5, 0.6) is 0 Å². The molecule has 0 saturated heterocycles. The highest BCUT2D eigenvalue weighted by molar-refractivity contribution is 5.95. The number of hydrogen-bond acceptors (Lipinski definition) is 5. The lowest BCUT2D eigenvalue weighted by molar-refractivity contribution is -0.109. The van der Waals surface area contributed by atoms with Crippen molar-refractivity contribution in [3.63, 3.8) is 0 Å². The molecule has 0 radical (unpaired) electrons. The van der Waals surface area contributed by atoms with Crippen molar-refractivity contribution in [1.29, 1.82) is 0 Å². The molecule has 7 heteroatoms. The maximum atomic E-state index is 12.3. The van der Waals surface area contributed by atoms with Crippen molar-refractivity contribution < 1.29 is 9.59 Å². The number of aryl methyl sites for hydroxylation is 1. The second-order valence-electron chi connectivity index (χ2n) is 6.44. The first-order valence-corrected chi connectivity index (χ1v) is 9.39. The largest absolute Gasteiger partial charge is 0.359 e. The van der Waals surface area contributed by atoms with Gasteiger partial charge in [-0.15, -0.1) is 0 Å². The number of amides is 2. The summed E-state index contributed by atoms with van der Waals surface area (Å²) >= 11 is 0. The molecule has 0 spiro atoms. The van der Waals surface area contributed by atoms with Crippen LogP contribution in [0.15, 0.2) is 60.7 Å². The van der Waals surface area contributed by atoms with E-state index in [0.717, 1.165) is 16.9 Å². The number of anilines is 2. The molecule has 0 atom stereocenters. The van der Waals surface area contributed by atoms with Crippen molar-refractivity contribution in [3.05, 3.63) is 72.1 Å². The van der Waals surface area contributed by atoms with Gasteiger partial charge in [0, 0.05) is 36.0 Å². The van der Waals surface area contributed by atoms with E-state index in [2.05, 4.69) is 25.9 Å². The molecule has 3 aromatic rings. The first kappa shape index (κ1) is 20.0. The number of nitrogens with one attached hydrogen (secondary N) is 3. The molecule has 0 unspecified atom stereocenters.